The first-order valence-electron chi connectivity index (χ1n) is 5.61. The molecule has 1 spiro atoms. The molecule has 2 nitrogen and oxygen atoms in total. The summed E-state index contributed by atoms with van der Waals surface area (Å²) in [5, 5.41) is 0. The predicted octanol–water partition coefficient (Wildman–Crippen LogP) is 3.89. The molecule has 0 aromatic heterocycles. The van der Waals surface area contributed by atoms with Crippen molar-refractivity contribution in [2.45, 2.75) is 33.1 Å². The van der Waals surface area contributed by atoms with Crippen molar-refractivity contribution in [2.24, 2.45) is 10.8 Å². The Balaban J connectivity index is 2.36. The van der Waals surface area contributed by atoms with E-state index in [0.29, 0.717) is 8.96 Å². The lowest BCUT2D eigenvalue weighted by Gasteiger charge is -2.28. The van der Waals surface area contributed by atoms with Crippen LogP contribution >= 0.6 is 31.9 Å². The molecule has 1 atom stereocenters. The normalized spacial score (nSPS) is 31.4. The summed E-state index contributed by atoms with van der Waals surface area (Å²) in [6.45, 7) is 3.68. The van der Waals surface area contributed by atoms with Crippen LogP contribution < -0.4 is 0 Å². The fraction of sp³-hybridized carbons (Fsp3) is 0.538. The Morgan fingerprint density at radius 3 is 2.18 bits per heavy atom. The molecule has 0 amide bonds. The van der Waals surface area contributed by atoms with Crippen molar-refractivity contribution in [3.63, 3.8) is 0 Å². The standard InChI is InChI=1S/C13H14Br2O2/c1-8(16)12(2)3-4-13(7-12)5-9(14)11(17)10(15)6-13/h5-6H,3-4,7H2,1-2H3/t12-/m0/s1. The van der Waals surface area contributed by atoms with E-state index in [1.54, 1.807) is 6.92 Å². The second-order valence-electron chi connectivity index (χ2n) is 5.34. The number of Topliss-reactive ketones (excluding diaryl/α,β-unsaturated/α-hetero) is 2. The van der Waals surface area contributed by atoms with Crippen molar-refractivity contribution in [3.05, 3.63) is 21.1 Å². The minimum Gasteiger partial charge on any atom is -0.299 e. The number of carbonyl (C=O) groups excluding carboxylic acids is 2. The topological polar surface area (TPSA) is 34.1 Å². The van der Waals surface area contributed by atoms with Crippen molar-refractivity contribution in [1.82, 2.24) is 0 Å². The van der Waals surface area contributed by atoms with Crippen LogP contribution in [-0.4, -0.2) is 11.6 Å². The zero-order valence-electron chi connectivity index (χ0n) is 9.85. The van der Waals surface area contributed by atoms with Crippen LogP contribution in [0.15, 0.2) is 21.1 Å². The summed E-state index contributed by atoms with van der Waals surface area (Å²) in [5.74, 6) is 0.215. The van der Waals surface area contributed by atoms with Gasteiger partial charge in [0.2, 0.25) is 5.78 Å². The zero-order chi connectivity index (χ0) is 12.8. The maximum absolute atomic E-state index is 11.7. The van der Waals surface area contributed by atoms with Crippen LogP contribution in [-0.2, 0) is 9.59 Å². The van der Waals surface area contributed by atoms with Crippen LogP contribution in [0.4, 0.5) is 0 Å². The van der Waals surface area contributed by atoms with E-state index in [2.05, 4.69) is 31.9 Å². The third-order valence-corrected chi connectivity index (χ3v) is 5.15. The van der Waals surface area contributed by atoms with Gasteiger partial charge in [-0.25, -0.2) is 0 Å². The molecule has 0 aromatic carbocycles. The average molecular weight is 362 g/mol. The molecule has 2 rings (SSSR count). The number of hydrogen-bond acceptors (Lipinski definition) is 2. The van der Waals surface area contributed by atoms with Crippen LogP contribution in [0.2, 0.25) is 0 Å². The van der Waals surface area contributed by atoms with Gasteiger partial charge in [-0.3, -0.25) is 9.59 Å². The van der Waals surface area contributed by atoms with E-state index in [1.807, 2.05) is 19.1 Å². The van der Waals surface area contributed by atoms with Gasteiger partial charge in [-0.05, 0) is 58.0 Å². The first-order chi connectivity index (χ1) is 7.78. The maximum Gasteiger partial charge on any atom is 0.206 e. The van der Waals surface area contributed by atoms with Gasteiger partial charge >= 0.3 is 0 Å². The molecule has 2 aliphatic rings. The Hall–Kier alpha value is -0.220. The largest absolute Gasteiger partial charge is 0.299 e. The summed E-state index contributed by atoms with van der Waals surface area (Å²) >= 11 is 6.62. The summed E-state index contributed by atoms with van der Waals surface area (Å²) in [5.41, 5.74) is -0.403. The molecule has 0 aliphatic heterocycles. The molecule has 0 aromatic rings. The highest BCUT2D eigenvalue weighted by Crippen LogP contribution is 2.54. The van der Waals surface area contributed by atoms with E-state index >= 15 is 0 Å². The maximum atomic E-state index is 11.7. The van der Waals surface area contributed by atoms with Gasteiger partial charge in [0.05, 0.1) is 8.96 Å². The molecule has 2 aliphatic carbocycles. The molecule has 0 unspecified atom stereocenters. The van der Waals surface area contributed by atoms with Crippen molar-refractivity contribution in [2.75, 3.05) is 0 Å². The molecule has 1 saturated carbocycles. The monoisotopic (exact) mass is 360 g/mol. The summed E-state index contributed by atoms with van der Waals surface area (Å²) in [4.78, 5) is 23.4. The number of hydrogen-bond donors (Lipinski definition) is 0. The van der Waals surface area contributed by atoms with Crippen molar-refractivity contribution in [1.29, 1.82) is 0 Å². The molecule has 4 heteroatoms. The molecule has 0 N–H and O–H groups in total. The Bertz CT molecular complexity index is 440. The van der Waals surface area contributed by atoms with Crippen LogP contribution in [0.5, 0.6) is 0 Å². The number of ketones is 2. The molecule has 0 bridgehead atoms. The molecular weight excluding hydrogens is 348 g/mol. The fourth-order valence-corrected chi connectivity index (χ4v) is 4.36. The van der Waals surface area contributed by atoms with Gasteiger partial charge in [0.25, 0.3) is 0 Å². The summed E-state index contributed by atoms with van der Waals surface area (Å²) < 4.78 is 1.19. The van der Waals surface area contributed by atoms with Gasteiger partial charge in [0.1, 0.15) is 5.78 Å². The quantitative estimate of drug-likeness (QED) is 0.709. The Morgan fingerprint density at radius 1 is 1.24 bits per heavy atom. The van der Waals surface area contributed by atoms with E-state index in [-0.39, 0.29) is 22.4 Å². The fourth-order valence-electron chi connectivity index (χ4n) is 2.75. The third-order valence-electron chi connectivity index (χ3n) is 3.97. The average Bonchev–Trinajstić information content (AvgIpc) is 2.54. The molecule has 0 heterocycles. The minimum absolute atomic E-state index is 0.0212. The Morgan fingerprint density at radius 2 is 1.76 bits per heavy atom. The van der Waals surface area contributed by atoms with Crippen molar-refractivity contribution < 1.29 is 9.59 Å². The van der Waals surface area contributed by atoms with E-state index in [0.717, 1.165) is 19.3 Å². The number of rotatable bonds is 1. The molecule has 17 heavy (non-hydrogen) atoms. The number of allylic oxidation sites excluding steroid dienone is 4. The highest BCUT2D eigenvalue weighted by Gasteiger charge is 2.47. The van der Waals surface area contributed by atoms with Gasteiger partial charge in [0, 0.05) is 10.8 Å². The van der Waals surface area contributed by atoms with E-state index in [4.69, 9.17) is 0 Å². The summed E-state index contributed by atoms with van der Waals surface area (Å²) in [6.07, 6.45) is 6.51. The van der Waals surface area contributed by atoms with Crippen molar-refractivity contribution >= 4 is 43.4 Å². The minimum atomic E-state index is -0.256. The van der Waals surface area contributed by atoms with E-state index in [9.17, 15) is 9.59 Å². The van der Waals surface area contributed by atoms with Crippen LogP contribution in [0.1, 0.15) is 33.1 Å². The molecule has 0 saturated heterocycles. The highest BCUT2D eigenvalue weighted by atomic mass is 79.9. The third kappa shape index (κ3) is 2.22. The summed E-state index contributed by atoms with van der Waals surface area (Å²) in [6, 6.07) is 0. The molecule has 92 valence electrons. The first-order valence-corrected chi connectivity index (χ1v) is 7.19. The second kappa shape index (κ2) is 4.16. The lowest BCUT2D eigenvalue weighted by molar-refractivity contribution is -0.125. The Kier molecular flexibility index (Phi) is 3.24. The van der Waals surface area contributed by atoms with Gasteiger partial charge in [0.15, 0.2) is 0 Å². The Labute approximate surface area is 118 Å². The predicted molar refractivity (Wildman–Crippen MR) is 74.1 cm³/mol. The van der Waals surface area contributed by atoms with Gasteiger partial charge in [-0.1, -0.05) is 19.1 Å². The van der Waals surface area contributed by atoms with Gasteiger partial charge < -0.3 is 0 Å². The van der Waals surface area contributed by atoms with E-state index in [1.165, 1.54) is 0 Å². The number of carbonyl (C=O) groups is 2. The molecule has 1 fully saturated rings. The summed E-state index contributed by atoms with van der Waals surface area (Å²) in [7, 11) is 0. The van der Waals surface area contributed by atoms with Crippen molar-refractivity contribution in [3.8, 4) is 0 Å². The van der Waals surface area contributed by atoms with Crippen LogP contribution in [0.3, 0.4) is 0 Å². The molecular formula is C13H14Br2O2. The molecule has 0 radical (unpaired) electrons. The highest BCUT2D eigenvalue weighted by molar-refractivity contribution is 9.13. The zero-order valence-corrected chi connectivity index (χ0v) is 13.0. The van der Waals surface area contributed by atoms with Gasteiger partial charge in [-0.15, -0.1) is 0 Å². The SMILES string of the molecule is CC(=O)[C@@]1(C)CCC2(C=C(Br)C(=O)C(Br)=C2)C1. The van der Waals surface area contributed by atoms with Crippen LogP contribution in [0, 0.1) is 10.8 Å². The lowest BCUT2D eigenvalue weighted by atomic mass is 9.76. The van der Waals surface area contributed by atoms with E-state index < -0.39 is 0 Å². The smallest absolute Gasteiger partial charge is 0.206 e. The number of halogens is 2. The lowest BCUT2D eigenvalue weighted by Crippen LogP contribution is -2.25. The van der Waals surface area contributed by atoms with Crippen LogP contribution in [0.25, 0.3) is 0 Å². The van der Waals surface area contributed by atoms with Gasteiger partial charge in [-0.2, -0.15) is 0 Å². The second-order valence-corrected chi connectivity index (χ2v) is 7.05. The first kappa shape index (κ1) is 13.2.